The van der Waals surface area contributed by atoms with Crippen molar-refractivity contribution in [2.24, 2.45) is 0 Å². The first kappa shape index (κ1) is 10.2. The van der Waals surface area contributed by atoms with Gasteiger partial charge in [0.1, 0.15) is 5.75 Å². The van der Waals surface area contributed by atoms with E-state index < -0.39 is 0 Å². The van der Waals surface area contributed by atoms with Gasteiger partial charge in [0, 0.05) is 11.8 Å². The molecule has 0 spiro atoms. The molecule has 5 nitrogen and oxygen atoms in total. The maximum absolute atomic E-state index is 5.63. The molecule has 0 saturated heterocycles. The van der Waals surface area contributed by atoms with Crippen LogP contribution in [0.1, 0.15) is 0 Å². The minimum absolute atomic E-state index is 0.366. The molecule has 0 aliphatic carbocycles. The monoisotopic (exact) mass is 217 g/mol. The van der Waals surface area contributed by atoms with E-state index in [4.69, 9.17) is 15.2 Å². The first-order chi connectivity index (χ1) is 7.78. The van der Waals surface area contributed by atoms with Crippen molar-refractivity contribution in [2.45, 2.75) is 0 Å². The summed E-state index contributed by atoms with van der Waals surface area (Å²) in [6.07, 6.45) is 3.01. The van der Waals surface area contributed by atoms with Gasteiger partial charge in [-0.1, -0.05) is 6.07 Å². The zero-order chi connectivity index (χ0) is 11.4. The minimum atomic E-state index is 0.366. The van der Waals surface area contributed by atoms with Crippen molar-refractivity contribution in [3.63, 3.8) is 0 Å². The van der Waals surface area contributed by atoms with E-state index in [1.54, 1.807) is 24.3 Å². The van der Waals surface area contributed by atoms with E-state index in [1.807, 2.05) is 0 Å². The molecule has 82 valence electrons. The topological polar surface area (TPSA) is 70.3 Å². The maximum Gasteiger partial charge on any atom is 0.241 e. The van der Waals surface area contributed by atoms with E-state index in [2.05, 4.69) is 9.97 Å². The largest absolute Gasteiger partial charge is 0.480 e. The summed E-state index contributed by atoms with van der Waals surface area (Å²) < 4.78 is 10.4. The number of benzene rings is 1. The molecular formula is C11H11N3O2. The van der Waals surface area contributed by atoms with Crippen LogP contribution in [-0.2, 0) is 0 Å². The van der Waals surface area contributed by atoms with Gasteiger partial charge in [-0.15, -0.1) is 0 Å². The van der Waals surface area contributed by atoms with Crippen LogP contribution in [0.5, 0.6) is 17.5 Å². The fourth-order valence-corrected chi connectivity index (χ4v) is 1.18. The molecule has 1 heterocycles. The molecule has 0 aliphatic heterocycles. The van der Waals surface area contributed by atoms with Crippen LogP contribution < -0.4 is 15.2 Å². The smallest absolute Gasteiger partial charge is 0.241 e. The summed E-state index contributed by atoms with van der Waals surface area (Å²) in [7, 11) is 1.52. The molecule has 16 heavy (non-hydrogen) atoms. The van der Waals surface area contributed by atoms with Gasteiger partial charge < -0.3 is 15.2 Å². The van der Waals surface area contributed by atoms with Crippen molar-refractivity contribution in [1.29, 1.82) is 0 Å². The second-order valence-corrected chi connectivity index (χ2v) is 3.07. The van der Waals surface area contributed by atoms with Crippen LogP contribution in [-0.4, -0.2) is 17.1 Å². The number of nitrogens with zero attached hydrogens (tertiary/aromatic N) is 2. The molecule has 0 amide bonds. The predicted molar refractivity (Wildman–Crippen MR) is 59.5 cm³/mol. The summed E-state index contributed by atoms with van der Waals surface area (Å²) in [5.41, 5.74) is 6.26. The van der Waals surface area contributed by atoms with Crippen LogP contribution >= 0.6 is 0 Å². The molecule has 0 fully saturated rings. The van der Waals surface area contributed by atoms with Crippen molar-refractivity contribution in [2.75, 3.05) is 12.8 Å². The molecule has 0 aliphatic rings. The van der Waals surface area contributed by atoms with E-state index in [9.17, 15) is 0 Å². The summed E-state index contributed by atoms with van der Waals surface area (Å²) in [4.78, 5) is 8.00. The minimum Gasteiger partial charge on any atom is -0.480 e. The average molecular weight is 217 g/mol. The van der Waals surface area contributed by atoms with E-state index in [0.29, 0.717) is 23.2 Å². The standard InChI is InChI=1S/C11H11N3O2/c1-15-10-6-13-7-11(14-10)16-9-4-2-3-8(12)5-9/h2-7H,12H2,1H3. The van der Waals surface area contributed by atoms with Crippen molar-refractivity contribution in [3.8, 4) is 17.5 Å². The normalized spacial score (nSPS) is 9.81. The number of hydrogen-bond acceptors (Lipinski definition) is 5. The van der Waals surface area contributed by atoms with Crippen LogP contribution in [0, 0.1) is 0 Å². The Morgan fingerprint density at radius 3 is 2.75 bits per heavy atom. The highest BCUT2D eigenvalue weighted by Crippen LogP contribution is 2.21. The third-order valence-electron chi connectivity index (χ3n) is 1.88. The maximum atomic E-state index is 5.63. The van der Waals surface area contributed by atoms with Crippen molar-refractivity contribution >= 4 is 5.69 Å². The van der Waals surface area contributed by atoms with Gasteiger partial charge in [-0.05, 0) is 12.1 Å². The van der Waals surface area contributed by atoms with Gasteiger partial charge in [0.2, 0.25) is 11.8 Å². The number of hydrogen-bond donors (Lipinski definition) is 1. The molecule has 0 atom stereocenters. The number of methoxy groups -OCH3 is 1. The third-order valence-corrected chi connectivity index (χ3v) is 1.88. The van der Waals surface area contributed by atoms with Crippen LogP contribution in [0.25, 0.3) is 0 Å². The quantitative estimate of drug-likeness (QED) is 0.794. The Morgan fingerprint density at radius 1 is 1.19 bits per heavy atom. The molecule has 0 unspecified atom stereocenters. The van der Waals surface area contributed by atoms with Gasteiger partial charge in [-0.3, -0.25) is 4.98 Å². The Balaban J connectivity index is 2.20. The Labute approximate surface area is 92.9 Å². The first-order valence-electron chi connectivity index (χ1n) is 4.67. The molecular weight excluding hydrogens is 206 g/mol. The van der Waals surface area contributed by atoms with E-state index in [-0.39, 0.29) is 0 Å². The molecule has 1 aromatic heterocycles. The number of rotatable bonds is 3. The number of nitrogen functional groups attached to an aromatic ring is 1. The van der Waals surface area contributed by atoms with Gasteiger partial charge in [-0.25, -0.2) is 0 Å². The lowest BCUT2D eigenvalue weighted by Crippen LogP contribution is -1.93. The highest BCUT2D eigenvalue weighted by atomic mass is 16.5. The fourth-order valence-electron chi connectivity index (χ4n) is 1.18. The molecule has 2 aromatic rings. The van der Waals surface area contributed by atoms with Gasteiger partial charge >= 0.3 is 0 Å². The second kappa shape index (κ2) is 4.48. The molecule has 0 saturated carbocycles. The average Bonchev–Trinajstić information content (AvgIpc) is 2.29. The molecule has 2 N–H and O–H groups in total. The first-order valence-corrected chi connectivity index (χ1v) is 4.67. The van der Waals surface area contributed by atoms with Crippen molar-refractivity contribution in [3.05, 3.63) is 36.7 Å². The summed E-state index contributed by atoms with van der Waals surface area (Å²) in [6, 6.07) is 7.08. The van der Waals surface area contributed by atoms with Crippen molar-refractivity contribution in [1.82, 2.24) is 9.97 Å². The van der Waals surface area contributed by atoms with Gasteiger partial charge in [-0.2, -0.15) is 4.98 Å². The van der Waals surface area contributed by atoms with E-state index in [1.165, 1.54) is 19.5 Å². The number of aromatic nitrogens is 2. The van der Waals surface area contributed by atoms with Crippen LogP contribution in [0.3, 0.4) is 0 Å². The lowest BCUT2D eigenvalue weighted by Gasteiger charge is -2.05. The highest BCUT2D eigenvalue weighted by molar-refractivity contribution is 5.44. The van der Waals surface area contributed by atoms with Gasteiger partial charge in [0.15, 0.2) is 0 Å². The Morgan fingerprint density at radius 2 is 2.00 bits per heavy atom. The highest BCUT2D eigenvalue weighted by Gasteiger charge is 2.01. The zero-order valence-electron chi connectivity index (χ0n) is 8.75. The fraction of sp³-hybridized carbons (Fsp3) is 0.0909. The lowest BCUT2D eigenvalue weighted by atomic mass is 10.3. The zero-order valence-corrected chi connectivity index (χ0v) is 8.75. The van der Waals surface area contributed by atoms with Crippen LogP contribution in [0.4, 0.5) is 5.69 Å². The molecule has 5 heteroatoms. The SMILES string of the molecule is COc1cncc(Oc2cccc(N)c2)n1. The number of nitrogens with two attached hydrogens (primary N) is 1. The summed E-state index contributed by atoms with van der Waals surface area (Å²) >= 11 is 0. The van der Waals surface area contributed by atoms with Crippen molar-refractivity contribution < 1.29 is 9.47 Å². The van der Waals surface area contributed by atoms with Crippen LogP contribution in [0.2, 0.25) is 0 Å². The summed E-state index contributed by atoms with van der Waals surface area (Å²) in [5, 5.41) is 0. The molecule has 0 bridgehead atoms. The van der Waals surface area contributed by atoms with Gasteiger partial charge in [0.05, 0.1) is 19.5 Å². The number of ether oxygens (including phenoxy) is 2. The molecule has 1 aromatic carbocycles. The Bertz CT molecular complexity index is 488. The Kier molecular flexibility index (Phi) is 2.86. The van der Waals surface area contributed by atoms with E-state index >= 15 is 0 Å². The second-order valence-electron chi connectivity index (χ2n) is 3.07. The predicted octanol–water partition coefficient (Wildman–Crippen LogP) is 1.86. The third kappa shape index (κ3) is 2.38. The lowest BCUT2D eigenvalue weighted by molar-refractivity contribution is 0.380. The molecule has 0 radical (unpaired) electrons. The van der Waals surface area contributed by atoms with E-state index in [0.717, 1.165) is 0 Å². The molecule has 2 rings (SSSR count). The summed E-state index contributed by atoms with van der Waals surface area (Å²) in [5.74, 6) is 1.38. The summed E-state index contributed by atoms with van der Waals surface area (Å²) in [6.45, 7) is 0. The number of anilines is 1. The van der Waals surface area contributed by atoms with Gasteiger partial charge in [0.25, 0.3) is 0 Å². The Hall–Kier alpha value is -2.30. The van der Waals surface area contributed by atoms with Crippen LogP contribution in [0.15, 0.2) is 36.7 Å².